The Kier molecular flexibility index (Phi) is 4.78. The molecule has 2 aromatic rings. The zero-order chi connectivity index (χ0) is 20.7. The molecular formula is C23H22FN3O2. The summed E-state index contributed by atoms with van der Waals surface area (Å²) in [4.78, 5) is 31.2. The average Bonchev–Trinajstić information content (AvgIpc) is 2.67. The van der Waals surface area contributed by atoms with Gasteiger partial charge in [0.15, 0.2) is 5.69 Å². The summed E-state index contributed by atoms with van der Waals surface area (Å²) in [6.07, 6.45) is 0.762. The van der Waals surface area contributed by atoms with Crippen LogP contribution in [0, 0.1) is 19.7 Å². The fourth-order valence-corrected chi connectivity index (χ4v) is 3.69. The van der Waals surface area contributed by atoms with E-state index in [0.717, 1.165) is 34.1 Å². The molecule has 0 aromatic heterocycles. The number of nitrogens with zero attached hydrogens (tertiary/aromatic N) is 2. The molecule has 1 atom stereocenters. The van der Waals surface area contributed by atoms with E-state index in [1.807, 2.05) is 30.5 Å². The van der Waals surface area contributed by atoms with Gasteiger partial charge in [0.05, 0.1) is 16.7 Å². The van der Waals surface area contributed by atoms with Crippen molar-refractivity contribution in [1.82, 2.24) is 14.5 Å². The number of aromatic amines is 1. The fraction of sp³-hybridized carbons (Fsp3) is 0.261. The van der Waals surface area contributed by atoms with Crippen LogP contribution in [0.1, 0.15) is 36.0 Å². The Morgan fingerprint density at radius 3 is 2.48 bits per heavy atom. The molecule has 0 saturated carbocycles. The van der Waals surface area contributed by atoms with E-state index in [0.29, 0.717) is 12.2 Å². The van der Waals surface area contributed by atoms with E-state index in [-0.39, 0.29) is 17.4 Å². The molecule has 0 radical (unpaired) electrons. The third-order valence-corrected chi connectivity index (χ3v) is 5.59. The van der Waals surface area contributed by atoms with Crippen molar-refractivity contribution in [2.24, 2.45) is 0 Å². The highest BCUT2D eigenvalue weighted by Crippen LogP contribution is 2.27. The zero-order valence-corrected chi connectivity index (χ0v) is 16.6. The van der Waals surface area contributed by atoms with E-state index < -0.39 is 11.1 Å². The minimum absolute atomic E-state index is 0.182. The van der Waals surface area contributed by atoms with Gasteiger partial charge >= 0.3 is 0 Å². The molecule has 0 saturated heterocycles. The van der Waals surface area contributed by atoms with E-state index >= 15 is 0 Å². The summed E-state index contributed by atoms with van der Waals surface area (Å²) < 4.78 is 15.2. The number of halogens is 1. The molecule has 2 heterocycles. The van der Waals surface area contributed by atoms with Crippen LogP contribution in [-0.4, -0.2) is 14.5 Å². The maximum Gasteiger partial charge on any atom is 0.278 e. The van der Waals surface area contributed by atoms with E-state index in [4.69, 9.17) is 0 Å². The predicted octanol–water partition coefficient (Wildman–Crippen LogP) is 4.14. The number of nitrogens with one attached hydrogen (secondary N) is 1. The van der Waals surface area contributed by atoms with Gasteiger partial charge in [-0.2, -0.15) is 0 Å². The number of pyridine rings is 1. The highest BCUT2D eigenvalue weighted by Gasteiger charge is 2.18. The van der Waals surface area contributed by atoms with Crippen molar-refractivity contribution >= 4 is 11.0 Å². The van der Waals surface area contributed by atoms with Crippen LogP contribution in [0.4, 0.5) is 4.39 Å². The number of benzene rings is 2. The van der Waals surface area contributed by atoms with Crippen molar-refractivity contribution in [2.45, 2.75) is 39.7 Å². The molecule has 2 aromatic carbocycles. The number of fused-ring (bicyclic) bond motifs is 2. The number of hydrogen-bond acceptors (Lipinski definition) is 3. The molecule has 148 valence electrons. The normalized spacial score (nSPS) is 12.6. The molecule has 4 rings (SSSR count). The Balaban J connectivity index is 1.83. The lowest BCUT2D eigenvalue weighted by Gasteiger charge is -2.20. The summed E-state index contributed by atoms with van der Waals surface area (Å²) in [5, 5.41) is 0. The van der Waals surface area contributed by atoms with E-state index in [2.05, 4.69) is 16.9 Å². The molecule has 29 heavy (non-hydrogen) atoms. The minimum atomic E-state index is -0.479. The molecule has 1 N–H and O–H groups in total. The van der Waals surface area contributed by atoms with Crippen LogP contribution in [0.25, 0.3) is 22.4 Å². The molecule has 2 aliphatic heterocycles. The first-order valence-corrected chi connectivity index (χ1v) is 9.64. The van der Waals surface area contributed by atoms with Crippen LogP contribution in [0.3, 0.4) is 0 Å². The van der Waals surface area contributed by atoms with Crippen LogP contribution in [0.15, 0.2) is 52.1 Å². The number of rotatable bonds is 4. The standard InChI is InChI=1S/C23H22FN3O2/c1-13(16-4-6-17(24)7-5-16)8-9-27-19-11-15(3)14(2)10-18(19)25-22-20(27)12-21(28)26-23(22)29/h4-7,10-13H,8-9H2,1-3H3,(H,26,28,29). The number of hydrogen-bond donors (Lipinski definition) is 1. The largest absolute Gasteiger partial charge is 0.338 e. The molecule has 1 unspecified atom stereocenters. The van der Waals surface area contributed by atoms with Gasteiger partial charge in [-0.05, 0) is 67.1 Å². The minimum Gasteiger partial charge on any atom is -0.338 e. The van der Waals surface area contributed by atoms with Crippen molar-refractivity contribution in [3.8, 4) is 11.4 Å². The second-order valence-corrected chi connectivity index (χ2v) is 7.63. The molecule has 6 heteroatoms. The number of aryl methyl sites for hydroxylation is 3. The Morgan fingerprint density at radius 1 is 1.07 bits per heavy atom. The SMILES string of the molecule is Cc1cc2nc3c(=O)[nH]c(=O)cc-3n(CCC(C)c3ccc(F)cc3)c2cc1C. The van der Waals surface area contributed by atoms with Crippen molar-refractivity contribution in [2.75, 3.05) is 0 Å². The molecule has 0 spiro atoms. The molecular weight excluding hydrogens is 369 g/mol. The Bertz CT molecular complexity index is 1290. The summed E-state index contributed by atoms with van der Waals surface area (Å²) in [6, 6.07) is 12.0. The van der Waals surface area contributed by atoms with Gasteiger partial charge in [-0.3, -0.25) is 14.6 Å². The monoisotopic (exact) mass is 391 g/mol. The van der Waals surface area contributed by atoms with Crippen LogP contribution >= 0.6 is 0 Å². The highest BCUT2D eigenvalue weighted by molar-refractivity contribution is 5.81. The average molecular weight is 391 g/mol. The lowest BCUT2D eigenvalue weighted by atomic mass is 9.97. The van der Waals surface area contributed by atoms with Crippen molar-refractivity contribution in [3.05, 3.63) is 85.7 Å². The van der Waals surface area contributed by atoms with E-state index in [1.54, 1.807) is 12.1 Å². The van der Waals surface area contributed by atoms with Crippen molar-refractivity contribution < 1.29 is 4.39 Å². The smallest absolute Gasteiger partial charge is 0.278 e. The second-order valence-electron chi connectivity index (χ2n) is 7.63. The summed E-state index contributed by atoms with van der Waals surface area (Å²) in [5.41, 5.74) is 4.73. The van der Waals surface area contributed by atoms with Crippen LogP contribution in [0.5, 0.6) is 0 Å². The molecule has 2 aliphatic rings. The van der Waals surface area contributed by atoms with Gasteiger partial charge in [-0.25, -0.2) is 9.37 Å². The molecule has 0 aliphatic carbocycles. The summed E-state index contributed by atoms with van der Waals surface area (Å²) >= 11 is 0. The van der Waals surface area contributed by atoms with Gasteiger partial charge in [0.1, 0.15) is 5.82 Å². The van der Waals surface area contributed by atoms with Gasteiger partial charge in [0.25, 0.3) is 11.1 Å². The fourth-order valence-electron chi connectivity index (χ4n) is 3.69. The molecule has 0 fully saturated rings. The third kappa shape index (κ3) is 3.58. The first kappa shape index (κ1) is 19.1. The van der Waals surface area contributed by atoms with Gasteiger partial charge < -0.3 is 4.57 Å². The maximum atomic E-state index is 13.2. The lowest BCUT2D eigenvalue weighted by Crippen LogP contribution is -2.25. The maximum absolute atomic E-state index is 13.2. The van der Waals surface area contributed by atoms with Gasteiger partial charge in [-0.1, -0.05) is 19.1 Å². The van der Waals surface area contributed by atoms with Crippen molar-refractivity contribution in [3.63, 3.8) is 0 Å². The van der Waals surface area contributed by atoms with E-state index in [1.165, 1.54) is 18.2 Å². The molecule has 5 nitrogen and oxygen atoms in total. The van der Waals surface area contributed by atoms with Gasteiger partial charge in [0.2, 0.25) is 0 Å². The predicted molar refractivity (Wildman–Crippen MR) is 112 cm³/mol. The molecule has 0 bridgehead atoms. The van der Waals surface area contributed by atoms with E-state index in [9.17, 15) is 14.0 Å². The highest BCUT2D eigenvalue weighted by atomic mass is 19.1. The Morgan fingerprint density at radius 2 is 1.76 bits per heavy atom. The van der Waals surface area contributed by atoms with Gasteiger partial charge in [-0.15, -0.1) is 0 Å². The first-order chi connectivity index (χ1) is 13.8. The third-order valence-electron chi connectivity index (χ3n) is 5.59. The van der Waals surface area contributed by atoms with Crippen LogP contribution in [0.2, 0.25) is 0 Å². The molecule has 0 amide bonds. The van der Waals surface area contributed by atoms with Crippen LogP contribution in [-0.2, 0) is 6.54 Å². The Labute approximate surface area is 167 Å². The quantitative estimate of drug-likeness (QED) is 0.532. The zero-order valence-electron chi connectivity index (χ0n) is 16.6. The summed E-state index contributed by atoms with van der Waals surface area (Å²) in [7, 11) is 0. The summed E-state index contributed by atoms with van der Waals surface area (Å²) in [6.45, 7) is 6.72. The van der Waals surface area contributed by atoms with Crippen LogP contribution < -0.4 is 11.1 Å². The number of H-pyrrole nitrogens is 1. The lowest BCUT2D eigenvalue weighted by molar-refractivity contribution is 0.584. The van der Waals surface area contributed by atoms with Crippen molar-refractivity contribution in [1.29, 1.82) is 0 Å². The Hall–Kier alpha value is -3.28. The topological polar surface area (TPSA) is 67.8 Å². The second kappa shape index (κ2) is 7.28. The first-order valence-electron chi connectivity index (χ1n) is 9.64. The summed E-state index contributed by atoms with van der Waals surface area (Å²) in [5.74, 6) is -0.0730. The number of aromatic nitrogens is 3. The van der Waals surface area contributed by atoms with Gasteiger partial charge in [0, 0.05) is 12.6 Å².